The van der Waals surface area contributed by atoms with Gasteiger partial charge in [-0.25, -0.2) is 13.8 Å². The molecular weight excluding hydrogens is 438 g/mol. The van der Waals surface area contributed by atoms with Gasteiger partial charge in [-0.15, -0.1) is 0 Å². The van der Waals surface area contributed by atoms with Crippen LogP contribution in [0.4, 0.5) is 19.5 Å². The molecule has 0 saturated carbocycles. The van der Waals surface area contributed by atoms with Crippen LogP contribution in [0.1, 0.15) is 42.1 Å². The number of aliphatic hydroxyl groups is 1. The Labute approximate surface area is 188 Å². The summed E-state index contributed by atoms with van der Waals surface area (Å²) in [5, 5.41) is 18.7. The Bertz CT molecular complexity index is 1090. The van der Waals surface area contributed by atoms with Gasteiger partial charge in [0.05, 0.1) is 24.2 Å². The molecule has 0 spiro atoms. The number of nitrogens with one attached hydrogen (secondary N) is 1. The summed E-state index contributed by atoms with van der Waals surface area (Å²) in [5.74, 6) is -0.414. The molecular formula is C21H26F2N6O2S. The lowest BCUT2D eigenvalue weighted by atomic mass is 10.0. The maximum Gasteiger partial charge on any atom is 0.171 e. The van der Waals surface area contributed by atoms with E-state index in [1.54, 1.807) is 30.1 Å². The van der Waals surface area contributed by atoms with E-state index < -0.39 is 30.4 Å². The molecule has 0 aliphatic carbocycles. The molecule has 11 heteroatoms. The van der Waals surface area contributed by atoms with E-state index in [1.807, 2.05) is 6.92 Å². The third kappa shape index (κ3) is 4.46. The SMILES string of the molecule is Cc1ccc(F)c(-c2nc(C(O)Nc3cnn(C)c3[C@@H]3CC[C@@H](N)[C@H](F)CO3)c(N)s2)c1. The molecule has 8 nitrogen and oxygen atoms in total. The summed E-state index contributed by atoms with van der Waals surface area (Å²) in [6.45, 7) is 1.75. The van der Waals surface area contributed by atoms with Gasteiger partial charge in [0.1, 0.15) is 33.8 Å². The van der Waals surface area contributed by atoms with Gasteiger partial charge < -0.3 is 26.6 Å². The highest BCUT2D eigenvalue weighted by molar-refractivity contribution is 7.18. The van der Waals surface area contributed by atoms with E-state index in [4.69, 9.17) is 16.2 Å². The number of nitrogen functional groups attached to an aromatic ring is 1. The molecule has 32 heavy (non-hydrogen) atoms. The average Bonchev–Trinajstić information content (AvgIpc) is 3.27. The van der Waals surface area contributed by atoms with E-state index in [-0.39, 0.29) is 17.3 Å². The fraction of sp³-hybridized carbons (Fsp3) is 0.429. The molecule has 0 radical (unpaired) electrons. The summed E-state index contributed by atoms with van der Waals surface area (Å²) in [6, 6.07) is 4.15. The van der Waals surface area contributed by atoms with E-state index in [0.717, 1.165) is 16.9 Å². The number of aliphatic hydroxyl groups excluding tert-OH is 1. The second kappa shape index (κ2) is 9.10. The van der Waals surface area contributed by atoms with Crippen LogP contribution in [0.2, 0.25) is 0 Å². The second-order valence-electron chi connectivity index (χ2n) is 7.94. The highest BCUT2D eigenvalue weighted by atomic mass is 32.1. The van der Waals surface area contributed by atoms with E-state index in [9.17, 15) is 13.9 Å². The van der Waals surface area contributed by atoms with Gasteiger partial charge in [-0.05, 0) is 31.9 Å². The Morgan fingerprint density at radius 3 is 2.94 bits per heavy atom. The number of aromatic nitrogens is 3. The zero-order chi connectivity index (χ0) is 23.0. The Morgan fingerprint density at radius 2 is 2.16 bits per heavy atom. The Kier molecular flexibility index (Phi) is 6.42. The van der Waals surface area contributed by atoms with Crippen molar-refractivity contribution < 1.29 is 18.6 Å². The molecule has 0 amide bonds. The number of nitrogens with two attached hydrogens (primary N) is 2. The predicted octanol–water partition coefficient (Wildman–Crippen LogP) is 3.19. The van der Waals surface area contributed by atoms with E-state index in [0.29, 0.717) is 34.8 Å². The number of halogens is 2. The van der Waals surface area contributed by atoms with Crippen LogP contribution in [-0.2, 0) is 11.8 Å². The minimum Gasteiger partial charge on any atom is -0.389 e. The molecule has 172 valence electrons. The summed E-state index contributed by atoms with van der Waals surface area (Å²) in [5.41, 5.74) is 14.5. The van der Waals surface area contributed by atoms with Gasteiger partial charge in [0, 0.05) is 18.7 Å². The number of alkyl halides is 1. The summed E-state index contributed by atoms with van der Waals surface area (Å²) >= 11 is 1.10. The number of rotatable bonds is 5. The summed E-state index contributed by atoms with van der Waals surface area (Å²) < 4.78 is 35.6. The van der Waals surface area contributed by atoms with Crippen molar-refractivity contribution in [3.63, 3.8) is 0 Å². The van der Waals surface area contributed by atoms with Crippen LogP contribution in [0, 0.1) is 12.7 Å². The third-order valence-electron chi connectivity index (χ3n) is 5.56. The average molecular weight is 465 g/mol. The van der Waals surface area contributed by atoms with E-state index in [2.05, 4.69) is 15.4 Å². The number of nitrogens with zero attached hydrogens (tertiary/aromatic N) is 3. The van der Waals surface area contributed by atoms with Crippen molar-refractivity contribution in [3.8, 4) is 10.6 Å². The number of ether oxygens (including phenoxy) is 1. The van der Waals surface area contributed by atoms with Gasteiger partial charge in [-0.2, -0.15) is 5.10 Å². The van der Waals surface area contributed by atoms with Crippen LogP contribution in [0.3, 0.4) is 0 Å². The van der Waals surface area contributed by atoms with Crippen molar-refractivity contribution in [2.45, 2.75) is 44.3 Å². The number of hydrogen-bond acceptors (Lipinski definition) is 8. The maximum absolute atomic E-state index is 14.3. The molecule has 3 heterocycles. The van der Waals surface area contributed by atoms with Crippen LogP contribution in [0.25, 0.3) is 10.6 Å². The number of anilines is 2. The lowest BCUT2D eigenvalue weighted by Gasteiger charge is -2.19. The van der Waals surface area contributed by atoms with Crippen molar-refractivity contribution in [2.24, 2.45) is 12.8 Å². The molecule has 4 rings (SSSR count). The smallest absolute Gasteiger partial charge is 0.171 e. The molecule has 1 aliphatic rings. The molecule has 2 aromatic heterocycles. The summed E-state index contributed by atoms with van der Waals surface area (Å²) in [7, 11) is 1.74. The molecule has 6 N–H and O–H groups in total. The van der Waals surface area contributed by atoms with Crippen LogP contribution >= 0.6 is 11.3 Å². The molecule has 1 fully saturated rings. The van der Waals surface area contributed by atoms with Gasteiger partial charge in [-0.1, -0.05) is 23.0 Å². The Hall–Kier alpha value is -2.60. The largest absolute Gasteiger partial charge is 0.389 e. The molecule has 1 unspecified atom stereocenters. The molecule has 1 saturated heterocycles. The molecule has 3 aromatic rings. The van der Waals surface area contributed by atoms with Gasteiger partial charge in [0.2, 0.25) is 0 Å². The van der Waals surface area contributed by atoms with Crippen LogP contribution in [0.5, 0.6) is 0 Å². The first-order chi connectivity index (χ1) is 15.2. The second-order valence-corrected chi connectivity index (χ2v) is 8.98. The fourth-order valence-corrected chi connectivity index (χ4v) is 4.65. The van der Waals surface area contributed by atoms with Crippen molar-refractivity contribution >= 4 is 22.0 Å². The first-order valence-corrected chi connectivity index (χ1v) is 11.1. The Balaban J connectivity index is 1.57. The van der Waals surface area contributed by atoms with E-state index in [1.165, 1.54) is 6.07 Å². The topological polar surface area (TPSA) is 124 Å². The Morgan fingerprint density at radius 1 is 1.38 bits per heavy atom. The zero-order valence-corrected chi connectivity index (χ0v) is 18.6. The molecule has 4 atom stereocenters. The fourth-order valence-electron chi connectivity index (χ4n) is 3.77. The zero-order valence-electron chi connectivity index (χ0n) is 17.8. The lowest BCUT2D eigenvalue weighted by Crippen LogP contribution is -2.32. The molecule has 1 aliphatic heterocycles. The summed E-state index contributed by atoms with van der Waals surface area (Å²) in [6.07, 6.45) is -0.411. The first kappa shape index (κ1) is 22.6. The number of benzene rings is 1. The maximum atomic E-state index is 14.3. The van der Waals surface area contributed by atoms with Crippen molar-refractivity contribution in [3.05, 3.63) is 47.2 Å². The minimum absolute atomic E-state index is 0.108. The standard InChI is InChI=1S/C21H26F2N6O2S/c1-10-3-4-12(22)11(7-10)21-28-17(19(25)32-21)20(30)27-15-8-26-29(2)18(15)16-6-5-14(24)13(23)9-31-16/h3-4,7-8,13-14,16,20,27,30H,5-6,9,24-25H2,1-2H3/t13-,14-,16+,20?/m1/s1. The quantitative estimate of drug-likeness (QED) is 0.428. The van der Waals surface area contributed by atoms with Crippen LogP contribution in [-0.4, -0.2) is 38.7 Å². The normalized spacial score (nSPS) is 22.5. The number of thiazole rings is 1. The van der Waals surface area contributed by atoms with Crippen LogP contribution < -0.4 is 16.8 Å². The highest BCUT2D eigenvalue weighted by Gasteiger charge is 2.30. The van der Waals surface area contributed by atoms with E-state index >= 15 is 0 Å². The summed E-state index contributed by atoms with van der Waals surface area (Å²) in [4.78, 5) is 4.38. The van der Waals surface area contributed by atoms with Gasteiger partial charge >= 0.3 is 0 Å². The van der Waals surface area contributed by atoms with Gasteiger partial charge in [-0.3, -0.25) is 4.68 Å². The monoisotopic (exact) mass is 464 g/mol. The number of hydrogen-bond donors (Lipinski definition) is 4. The highest BCUT2D eigenvalue weighted by Crippen LogP contribution is 2.37. The minimum atomic E-state index is -1.27. The van der Waals surface area contributed by atoms with Crippen LogP contribution in [0.15, 0.2) is 24.4 Å². The third-order valence-corrected chi connectivity index (χ3v) is 6.49. The van der Waals surface area contributed by atoms with Crippen molar-refractivity contribution in [2.75, 3.05) is 17.7 Å². The van der Waals surface area contributed by atoms with Gasteiger partial charge in [0.25, 0.3) is 0 Å². The van der Waals surface area contributed by atoms with Crippen molar-refractivity contribution in [1.82, 2.24) is 14.8 Å². The molecule has 1 aromatic carbocycles. The number of aryl methyl sites for hydroxylation is 2. The first-order valence-electron chi connectivity index (χ1n) is 10.2. The van der Waals surface area contributed by atoms with Gasteiger partial charge in [0.15, 0.2) is 6.23 Å². The van der Waals surface area contributed by atoms with Crippen molar-refractivity contribution in [1.29, 1.82) is 0 Å². The predicted molar refractivity (Wildman–Crippen MR) is 119 cm³/mol. The lowest BCUT2D eigenvalue weighted by molar-refractivity contribution is 0.0246. The molecule has 0 bridgehead atoms.